The lowest BCUT2D eigenvalue weighted by Crippen LogP contribution is -2.01. The highest BCUT2D eigenvalue weighted by molar-refractivity contribution is 7.80. The van der Waals surface area contributed by atoms with Crippen molar-refractivity contribution in [1.29, 1.82) is 0 Å². The molecule has 0 saturated carbocycles. The molecule has 0 aliphatic rings. The molecule has 0 fully saturated rings. The van der Waals surface area contributed by atoms with Crippen LogP contribution < -0.4 is 4.72 Å². The van der Waals surface area contributed by atoms with Crippen molar-refractivity contribution in [3.05, 3.63) is 42.2 Å². The number of benzene rings is 1. The van der Waals surface area contributed by atoms with Crippen LogP contribution >= 0.6 is 0 Å². The summed E-state index contributed by atoms with van der Waals surface area (Å²) in [5, 5.41) is 0. The van der Waals surface area contributed by atoms with Gasteiger partial charge < -0.3 is 13.7 Å². The molecule has 6 heteroatoms. The summed E-state index contributed by atoms with van der Waals surface area (Å²) in [5.74, 6) is 0.810. The summed E-state index contributed by atoms with van der Waals surface area (Å²) in [5.41, 5.74) is 1.23. The van der Waals surface area contributed by atoms with Gasteiger partial charge in [0.25, 0.3) is 0 Å². The van der Waals surface area contributed by atoms with Crippen molar-refractivity contribution in [1.82, 2.24) is 0 Å². The molecule has 0 spiro atoms. The summed E-state index contributed by atoms with van der Waals surface area (Å²) < 4.78 is 28.3. The van der Waals surface area contributed by atoms with E-state index in [2.05, 4.69) is 4.72 Å². The van der Waals surface area contributed by atoms with Crippen molar-refractivity contribution >= 4 is 23.2 Å². The fraction of sp³-hybridized carbons (Fsp3) is 0. The minimum atomic E-state index is -2.33. The van der Waals surface area contributed by atoms with E-state index >= 15 is 0 Å². The van der Waals surface area contributed by atoms with Gasteiger partial charge in [0.1, 0.15) is 5.76 Å². The molecule has 5 nitrogen and oxygen atoms in total. The Labute approximate surface area is 99.9 Å². The first-order valence-electron chi connectivity index (χ1n) is 4.70. The van der Waals surface area contributed by atoms with E-state index < -0.39 is 11.3 Å². The number of hydrogen-bond donors (Lipinski definition) is 1. The highest BCUT2D eigenvalue weighted by Gasteiger charge is 2.03. The third kappa shape index (κ3) is 2.80. The van der Waals surface area contributed by atoms with E-state index in [-0.39, 0.29) is 5.76 Å². The largest absolute Gasteiger partial charge is 0.755 e. The van der Waals surface area contributed by atoms with Gasteiger partial charge in [-0.2, -0.15) is 0 Å². The molecule has 0 bridgehead atoms. The fourth-order valence-corrected chi connectivity index (χ4v) is 1.70. The number of nitrogens with one attached hydrogen (secondary N) is 1. The van der Waals surface area contributed by atoms with Crippen molar-refractivity contribution in [3.8, 4) is 11.3 Å². The van der Waals surface area contributed by atoms with Crippen LogP contribution in [0.5, 0.6) is 0 Å². The Morgan fingerprint density at radius 1 is 1.18 bits per heavy atom. The van der Waals surface area contributed by atoms with Crippen molar-refractivity contribution in [2.75, 3.05) is 4.72 Å². The number of aldehydes is 1. The van der Waals surface area contributed by atoms with Gasteiger partial charge in [0.05, 0.1) is 0 Å². The molecule has 17 heavy (non-hydrogen) atoms. The topological polar surface area (TPSA) is 82.4 Å². The molecule has 1 aromatic heterocycles. The van der Waals surface area contributed by atoms with Gasteiger partial charge in [0.15, 0.2) is 12.0 Å². The van der Waals surface area contributed by atoms with Gasteiger partial charge in [-0.3, -0.25) is 9.00 Å². The van der Waals surface area contributed by atoms with Crippen LogP contribution in [-0.4, -0.2) is 15.0 Å². The van der Waals surface area contributed by atoms with Crippen molar-refractivity contribution < 1.29 is 18.0 Å². The lowest BCUT2D eigenvalue weighted by Gasteiger charge is -2.08. The van der Waals surface area contributed by atoms with Crippen LogP contribution in [0.25, 0.3) is 11.3 Å². The monoisotopic (exact) mass is 250 g/mol. The first-order valence-corrected chi connectivity index (χ1v) is 5.78. The fourth-order valence-electron chi connectivity index (χ4n) is 1.37. The standard InChI is InChI=1S/C11H9NO4S/c13-7-10-5-6-11(16-10)8-1-3-9(4-2-8)12-17(14)15/h1-7,12H,(H,14,15)/p-1. The zero-order valence-electron chi connectivity index (χ0n) is 8.58. The average Bonchev–Trinajstić information content (AvgIpc) is 2.78. The second kappa shape index (κ2) is 4.94. The third-order valence-electron chi connectivity index (χ3n) is 2.11. The van der Waals surface area contributed by atoms with Crippen LogP contribution in [0.15, 0.2) is 40.8 Å². The Balaban J connectivity index is 2.22. The van der Waals surface area contributed by atoms with Gasteiger partial charge in [-0.15, -0.1) is 0 Å². The van der Waals surface area contributed by atoms with Crippen molar-refractivity contribution in [2.45, 2.75) is 0 Å². The Hall–Kier alpha value is -1.92. The minimum absolute atomic E-state index is 0.253. The van der Waals surface area contributed by atoms with Crippen LogP contribution in [0.4, 0.5) is 5.69 Å². The summed E-state index contributed by atoms with van der Waals surface area (Å²) in [7, 11) is 0. The molecule has 0 radical (unpaired) electrons. The lowest BCUT2D eigenvalue weighted by molar-refractivity contribution is 0.110. The van der Waals surface area contributed by atoms with E-state index in [0.717, 1.165) is 5.56 Å². The second-order valence-corrected chi connectivity index (χ2v) is 3.91. The number of anilines is 1. The molecule has 0 amide bonds. The van der Waals surface area contributed by atoms with Gasteiger partial charge in [0.2, 0.25) is 0 Å². The van der Waals surface area contributed by atoms with Gasteiger partial charge in [0, 0.05) is 22.5 Å². The van der Waals surface area contributed by atoms with E-state index in [1.165, 1.54) is 0 Å². The van der Waals surface area contributed by atoms with Gasteiger partial charge in [-0.05, 0) is 36.4 Å². The van der Waals surface area contributed by atoms with Crippen molar-refractivity contribution in [3.63, 3.8) is 0 Å². The maximum absolute atomic E-state index is 10.5. The lowest BCUT2D eigenvalue weighted by atomic mass is 10.1. The number of furan rings is 1. The molecule has 88 valence electrons. The molecule has 0 aliphatic heterocycles. The Kier molecular flexibility index (Phi) is 3.36. The van der Waals surface area contributed by atoms with Crippen LogP contribution in [0.2, 0.25) is 0 Å². The number of hydrogen-bond acceptors (Lipinski definition) is 4. The summed E-state index contributed by atoms with van der Waals surface area (Å²) in [6.45, 7) is 0. The van der Waals surface area contributed by atoms with Crippen LogP contribution in [0.3, 0.4) is 0 Å². The summed E-state index contributed by atoms with van der Waals surface area (Å²) in [6, 6.07) is 9.85. The molecule has 1 N–H and O–H groups in total. The minimum Gasteiger partial charge on any atom is -0.755 e. The maximum Gasteiger partial charge on any atom is 0.185 e. The smallest absolute Gasteiger partial charge is 0.185 e. The van der Waals surface area contributed by atoms with Gasteiger partial charge in [-0.25, -0.2) is 0 Å². The molecule has 1 aromatic carbocycles. The quantitative estimate of drug-likeness (QED) is 0.664. The average molecular weight is 250 g/mol. The summed E-state index contributed by atoms with van der Waals surface area (Å²) in [6.07, 6.45) is 0.625. The highest BCUT2D eigenvalue weighted by Crippen LogP contribution is 2.23. The molecule has 1 atom stereocenters. The SMILES string of the molecule is O=Cc1ccc(-c2ccc(NS(=O)[O-])cc2)o1. The summed E-state index contributed by atoms with van der Waals surface area (Å²) >= 11 is -2.33. The predicted molar refractivity (Wildman–Crippen MR) is 62.1 cm³/mol. The molecule has 1 heterocycles. The van der Waals surface area contributed by atoms with E-state index in [0.29, 0.717) is 17.7 Å². The van der Waals surface area contributed by atoms with E-state index in [4.69, 9.17) is 4.42 Å². The van der Waals surface area contributed by atoms with E-state index in [1.807, 2.05) is 0 Å². The molecule has 2 aromatic rings. The first-order chi connectivity index (χ1) is 8.19. The van der Waals surface area contributed by atoms with E-state index in [9.17, 15) is 13.6 Å². The third-order valence-corrected chi connectivity index (χ3v) is 2.52. The van der Waals surface area contributed by atoms with E-state index in [1.54, 1.807) is 36.4 Å². The van der Waals surface area contributed by atoms with Crippen LogP contribution in [-0.2, 0) is 11.3 Å². The highest BCUT2D eigenvalue weighted by atomic mass is 32.2. The molecule has 0 aliphatic carbocycles. The van der Waals surface area contributed by atoms with Crippen molar-refractivity contribution in [2.24, 2.45) is 0 Å². The number of carbonyl (C=O) groups is 1. The normalized spacial score (nSPS) is 12.1. The molecule has 2 rings (SSSR count). The zero-order valence-corrected chi connectivity index (χ0v) is 9.40. The van der Waals surface area contributed by atoms with Gasteiger partial charge >= 0.3 is 0 Å². The molecular formula is C11H8NO4S-. The Morgan fingerprint density at radius 2 is 1.88 bits per heavy atom. The molecule has 0 saturated heterocycles. The number of carbonyl (C=O) groups excluding carboxylic acids is 1. The summed E-state index contributed by atoms with van der Waals surface area (Å²) in [4.78, 5) is 10.5. The van der Waals surface area contributed by atoms with Crippen LogP contribution in [0.1, 0.15) is 10.6 Å². The Morgan fingerprint density at radius 3 is 2.41 bits per heavy atom. The molecule has 1 unspecified atom stereocenters. The zero-order chi connectivity index (χ0) is 12.3. The number of rotatable bonds is 4. The molecular weight excluding hydrogens is 242 g/mol. The Bertz CT molecular complexity index is 547. The first kappa shape index (κ1) is 11.6. The van der Waals surface area contributed by atoms with Crippen LogP contribution in [0, 0.1) is 0 Å². The predicted octanol–water partition coefficient (Wildman–Crippen LogP) is 1.97. The maximum atomic E-state index is 10.5. The van der Waals surface area contributed by atoms with Gasteiger partial charge in [-0.1, -0.05) is 0 Å². The second-order valence-electron chi connectivity index (χ2n) is 3.23.